The fourth-order valence-electron chi connectivity index (χ4n) is 3.03. The lowest BCUT2D eigenvalue weighted by atomic mass is 9.94. The van der Waals surface area contributed by atoms with Crippen molar-refractivity contribution in [1.29, 1.82) is 0 Å². The Labute approximate surface area is 148 Å². The first-order valence-corrected chi connectivity index (χ1v) is 8.98. The van der Waals surface area contributed by atoms with E-state index in [-0.39, 0.29) is 11.4 Å². The van der Waals surface area contributed by atoms with E-state index in [2.05, 4.69) is 17.3 Å². The number of rotatable bonds is 4. The van der Waals surface area contributed by atoms with Crippen LogP contribution in [0.3, 0.4) is 0 Å². The molecule has 0 spiro atoms. The predicted octanol–water partition coefficient (Wildman–Crippen LogP) is 4.32. The van der Waals surface area contributed by atoms with Crippen molar-refractivity contribution in [3.8, 4) is 5.69 Å². The molecule has 0 aliphatic heterocycles. The molecule has 3 rings (SSSR count). The van der Waals surface area contributed by atoms with Crippen molar-refractivity contribution in [2.45, 2.75) is 58.4 Å². The predicted molar refractivity (Wildman–Crippen MR) is 97.1 cm³/mol. The van der Waals surface area contributed by atoms with Gasteiger partial charge in [0.15, 0.2) is 5.69 Å². The standard InChI is InChI=1S/C19H24ClN3O/c1-4-19(2,3)21-18(24)17-15-7-5-6-8-16(15)23(22-17)14-11-9-13(20)10-12-14/h9-12H,4-8H2,1-3H3,(H,21,24). The maximum absolute atomic E-state index is 12.8. The number of hydrogen-bond donors (Lipinski definition) is 1. The highest BCUT2D eigenvalue weighted by molar-refractivity contribution is 6.30. The van der Waals surface area contributed by atoms with E-state index in [1.807, 2.05) is 42.8 Å². The first-order chi connectivity index (χ1) is 11.4. The molecule has 0 radical (unpaired) electrons. The molecule has 0 atom stereocenters. The Morgan fingerprint density at radius 3 is 2.58 bits per heavy atom. The van der Waals surface area contributed by atoms with Gasteiger partial charge in [-0.05, 0) is 70.2 Å². The average Bonchev–Trinajstić information content (AvgIpc) is 2.95. The van der Waals surface area contributed by atoms with E-state index in [0.717, 1.165) is 49.0 Å². The van der Waals surface area contributed by atoms with Crippen LogP contribution in [0.25, 0.3) is 5.69 Å². The van der Waals surface area contributed by atoms with E-state index in [9.17, 15) is 4.79 Å². The fourth-order valence-corrected chi connectivity index (χ4v) is 3.16. The number of nitrogens with zero attached hydrogens (tertiary/aromatic N) is 2. The van der Waals surface area contributed by atoms with Gasteiger partial charge in [-0.2, -0.15) is 5.10 Å². The van der Waals surface area contributed by atoms with E-state index in [4.69, 9.17) is 11.6 Å². The summed E-state index contributed by atoms with van der Waals surface area (Å²) in [4.78, 5) is 12.8. The zero-order valence-electron chi connectivity index (χ0n) is 14.5. The Morgan fingerprint density at radius 2 is 1.92 bits per heavy atom. The van der Waals surface area contributed by atoms with Crippen LogP contribution in [0.1, 0.15) is 61.8 Å². The molecule has 0 saturated heterocycles. The lowest BCUT2D eigenvalue weighted by Crippen LogP contribution is -2.43. The Kier molecular flexibility index (Phi) is 4.68. The van der Waals surface area contributed by atoms with Gasteiger partial charge >= 0.3 is 0 Å². The smallest absolute Gasteiger partial charge is 0.272 e. The highest BCUT2D eigenvalue weighted by Gasteiger charge is 2.28. The molecule has 128 valence electrons. The summed E-state index contributed by atoms with van der Waals surface area (Å²) in [6, 6.07) is 7.60. The summed E-state index contributed by atoms with van der Waals surface area (Å²) in [6.07, 6.45) is 4.98. The van der Waals surface area contributed by atoms with Crippen molar-refractivity contribution < 1.29 is 4.79 Å². The van der Waals surface area contributed by atoms with Crippen LogP contribution in [0.5, 0.6) is 0 Å². The quantitative estimate of drug-likeness (QED) is 0.896. The van der Waals surface area contributed by atoms with Crippen LogP contribution in [0.4, 0.5) is 0 Å². The van der Waals surface area contributed by atoms with Crippen LogP contribution in [-0.4, -0.2) is 21.2 Å². The van der Waals surface area contributed by atoms with E-state index < -0.39 is 0 Å². The van der Waals surface area contributed by atoms with Gasteiger partial charge in [-0.1, -0.05) is 18.5 Å². The van der Waals surface area contributed by atoms with Gasteiger partial charge in [0.25, 0.3) is 5.91 Å². The summed E-state index contributed by atoms with van der Waals surface area (Å²) in [7, 11) is 0. The maximum atomic E-state index is 12.8. The summed E-state index contributed by atoms with van der Waals surface area (Å²) >= 11 is 5.99. The molecule has 1 aliphatic rings. The van der Waals surface area contributed by atoms with Gasteiger partial charge in [-0.3, -0.25) is 4.79 Å². The number of nitrogens with one attached hydrogen (secondary N) is 1. The van der Waals surface area contributed by atoms with Crippen molar-refractivity contribution in [3.05, 3.63) is 46.2 Å². The molecule has 24 heavy (non-hydrogen) atoms. The Balaban J connectivity index is 2.02. The number of carbonyl (C=O) groups is 1. The Hall–Kier alpha value is -1.81. The monoisotopic (exact) mass is 345 g/mol. The molecule has 1 amide bonds. The number of aromatic nitrogens is 2. The van der Waals surface area contributed by atoms with E-state index in [0.29, 0.717) is 10.7 Å². The van der Waals surface area contributed by atoms with Crippen LogP contribution in [0, 0.1) is 0 Å². The number of halogens is 1. The van der Waals surface area contributed by atoms with Gasteiger partial charge in [0.05, 0.1) is 5.69 Å². The summed E-state index contributed by atoms with van der Waals surface area (Å²) in [6.45, 7) is 6.14. The van der Waals surface area contributed by atoms with Gasteiger partial charge in [-0.15, -0.1) is 0 Å². The molecule has 5 heteroatoms. The lowest BCUT2D eigenvalue weighted by molar-refractivity contribution is 0.0904. The number of hydrogen-bond acceptors (Lipinski definition) is 2. The minimum absolute atomic E-state index is 0.0762. The van der Waals surface area contributed by atoms with Crippen LogP contribution >= 0.6 is 11.6 Å². The number of carbonyl (C=O) groups excluding carboxylic acids is 1. The van der Waals surface area contributed by atoms with Gasteiger partial charge in [0.1, 0.15) is 0 Å². The minimum Gasteiger partial charge on any atom is -0.346 e. The molecular formula is C19H24ClN3O. The molecule has 0 fully saturated rings. The molecule has 2 aromatic rings. The van der Waals surface area contributed by atoms with Crippen molar-refractivity contribution in [1.82, 2.24) is 15.1 Å². The number of benzene rings is 1. The molecule has 0 bridgehead atoms. The summed E-state index contributed by atoms with van der Waals surface area (Å²) < 4.78 is 1.92. The van der Waals surface area contributed by atoms with Gasteiger partial charge in [0.2, 0.25) is 0 Å². The molecule has 4 nitrogen and oxygen atoms in total. The zero-order valence-corrected chi connectivity index (χ0v) is 15.3. The summed E-state index contributed by atoms with van der Waals surface area (Å²) in [5, 5.41) is 8.48. The van der Waals surface area contributed by atoms with Crippen molar-refractivity contribution in [2.24, 2.45) is 0 Å². The Morgan fingerprint density at radius 1 is 1.25 bits per heavy atom. The first kappa shape index (κ1) is 17.0. The van der Waals surface area contributed by atoms with Gasteiger partial charge in [0, 0.05) is 21.8 Å². The highest BCUT2D eigenvalue weighted by atomic mass is 35.5. The second-order valence-electron chi connectivity index (χ2n) is 7.06. The average molecular weight is 346 g/mol. The van der Waals surface area contributed by atoms with Crippen molar-refractivity contribution in [2.75, 3.05) is 0 Å². The third kappa shape index (κ3) is 3.34. The Bertz CT molecular complexity index is 747. The largest absolute Gasteiger partial charge is 0.346 e. The maximum Gasteiger partial charge on any atom is 0.272 e. The second-order valence-corrected chi connectivity index (χ2v) is 7.50. The third-order valence-electron chi connectivity index (χ3n) is 4.80. The van der Waals surface area contributed by atoms with Crippen LogP contribution in [0.15, 0.2) is 24.3 Å². The SMILES string of the molecule is CCC(C)(C)NC(=O)c1nn(-c2ccc(Cl)cc2)c2c1CCCC2. The van der Waals surface area contributed by atoms with E-state index >= 15 is 0 Å². The normalized spacial score (nSPS) is 14.3. The number of fused-ring (bicyclic) bond motifs is 1. The molecule has 1 aromatic carbocycles. The fraction of sp³-hybridized carbons (Fsp3) is 0.474. The number of amides is 1. The van der Waals surface area contributed by atoms with Crippen LogP contribution in [-0.2, 0) is 12.8 Å². The molecule has 1 aliphatic carbocycles. The minimum atomic E-state index is -0.233. The topological polar surface area (TPSA) is 46.9 Å². The van der Waals surface area contributed by atoms with Gasteiger partial charge < -0.3 is 5.32 Å². The van der Waals surface area contributed by atoms with Crippen molar-refractivity contribution >= 4 is 17.5 Å². The molecular weight excluding hydrogens is 322 g/mol. The summed E-state index contributed by atoms with van der Waals surface area (Å²) in [5.74, 6) is -0.0762. The third-order valence-corrected chi connectivity index (χ3v) is 5.05. The second kappa shape index (κ2) is 6.60. The van der Waals surface area contributed by atoms with Crippen LogP contribution in [0.2, 0.25) is 5.02 Å². The van der Waals surface area contributed by atoms with Crippen molar-refractivity contribution in [3.63, 3.8) is 0 Å². The highest BCUT2D eigenvalue weighted by Crippen LogP contribution is 2.28. The van der Waals surface area contributed by atoms with Crippen LogP contribution < -0.4 is 5.32 Å². The van der Waals surface area contributed by atoms with Gasteiger partial charge in [-0.25, -0.2) is 4.68 Å². The van der Waals surface area contributed by atoms with E-state index in [1.165, 1.54) is 0 Å². The molecule has 1 heterocycles. The zero-order chi connectivity index (χ0) is 17.3. The lowest BCUT2D eigenvalue weighted by Gasteiger charge is -2.24. The first-order valence-electron chi connectivity index (χ1n) is 8.60. The van der Waals surface area contributed by atoms with E-state index in [1.54, 1.807) is 0 Å². The molecule has 0 saturated carbocycles. The summed E-state index contributed by atoms with van der Waals surface area (Å²) in [5.41, 5.74) is 3.54. The molecule has 0 unspecified atom stereocenters. The molecule has 1 N–H and O–H groups in total. The molecule has 1 aromatic heterocycles.